The molecule has 3 fully saturated rings. The highest BCUT2D eigenvalue weighted by molar-refractivity contribution is 7.13. The van der Waals surface area contributed by atoms with Gasteiger partial charge >= 0.3 is 0 Å². The number of likely N-dealkylation sites (tertiary alicyclic amines) is 3. The van der Waals surface area contributed by atoms with Gasteiger partial charge in [0.25, 0.3) is 5.91 Å². The third-order valence-electron chi connectivity index (χ3n) is 14.3. The topological polar surface area (TPSA) is 194 Å². The molecule has 6 amide bonds. The lowest BCUT2D eigenvalue weighted by Gasteiger charge is -2.35. The highest BCUT2D eigenvalue weighted by atomic mass is 32.1. The van der Waals surface area contributed by atoms with Crippen molar-refractivity contribution < 1.29 is 33.9 Å². The molecule has 3 saturated heterocycles. The van der Waals surface area contributed by atoms with Gasteiger partial charge in [0.2, 0.25) is 29.5 Å². The van der Waals surface area contributed by atoms with Gasteiger partial charge in [0.15, 0.2) is 0 Å². The van der Waals surface area contributed by atoms with Crippen molar-refractivity contribution in [3.05, 3.63) is 113 Å². The monoisotopic (exact) mass is 1000 g/mol. The first-order chi connectivity index (χ1) is 34.6. The molecule has 7 rings (SSSR count). The average molecular weight is 1000 g/mol. The van der Waals surface area contributed by atoms with Gasteiger partial charge in [-0.1, -0.05) is 76.1 Å². The van der Waals surface area contributed by atoms with Gasteiger partial charge in [-0.3, -0.25) is 33.8 Å². The summed E-state index contributed by atoms with van der Waals surface area (Å²) < 4.78 is 0. The molecule has 2 aromatic carbocycles. The van der Waals surface area contributed by atoms with Crippen LogP contribution in [-0.4, -0.2) is 123 Å². The molecule has 3 aliphatic rings. The average Bonchev–Trinajstić information content (AvgIpc) is 4.01. The van der Waals surface area contributed by atoms with Gasteiger partial charge < -0.3 is 35.8 Å². The molecule has 3 atom stereocenters. The van der Waals surface area contributed by atoms with Crippen molar-refractivity contribution in [3.8, 4) is 10.4 Å². The molecule has 3 aliphatic heterocycles. The first-order valence-electron chi connectivity index (χ1n) is 25.7. The number of β-amino-alcohol motifs (C(OH)–C–C–N with tert-alkyl or cyclic N) is 1. The zero-order valence-corrected chi connectivity index (χ0v) is 43.1. The summed E-state index contributed by atoms with van der Waals surface area (Å²) in [5, 5.41) is 19.4. The van der Waals surface area contributed by atoms with Gasteiger partial charge in [-0.25, -0.2) is 4.98 Å². The summed E-state index contributed by atoms with van der Waals surface area (Å²) in [6, 6.07) is 17.8. The molecule has 0 radical (unpaired) electrons. The molecule has 0 spiro atoms. The molecule has 5 heterocycles. The molecule has 0 saturated carbocycles. The number of aliphatic hydroxyl groups is 1. The van der Waals surface area contributed by atoms with E-state index in [0.29, 0.717) is 37.5 Å². The van der Waals surface area contributed by atoms with Crippen LogP contribution in [0.2, 0.25) is 0 Å². The Balaban J connectivity index is 0.779. The van der Waals surface area contributed by atoms with E-state index < -0.39 is 29.5 Å². The third-order valence-corrected chi connectivity index (χ3v) is 15.3. The molecule has 16 heteroatoms. The first-order valence-corrected chi connectivity index (χ1v) is 26.6. The number of aliphatic hydroxyl groups excluding tert-OH is 1. The molecule has 4 N–H and O–H groups in total. The van der Waals surface area contributed by atoms with Crippen LogP contribution in [0.3, 0.4) is 0 Å². The van der Waals surface area contributed by atoms with Crippen molar-refractivity contribution in [2.24, 2.45) is 11.3 Å². The van der Waals surface area contributed by atoms with E-state index in [1.54, 1.807) is 29.8 Å². The molecule has 0 bridgehead atoms. The molecule has 0 unspecified atom stereocenters. The Labute approximate surface area is 428 Å². The Hall–Kier alpha value is -6.26. The number of carbonyl (C=O) groups is 6. The van der Waals surface area contributed by atoms with Crippen LogP contribution >= 0.6 is 11.3 Å². The predicted octanol–water partition coefficient (Wildman–Crippen LogP) is 7.05. The fourth-order valence-corrected chi connectivity index (χ4v) is 10.8. The largest absolute Gasteiger partial charge is 0.391 e. The van der Waals surface area contributed by atoms with Crippen LogP contribution in [0.4, 0.5) is 0 Å². The lowest BCUT2D eigenvalue weighted by Crippen LogP contribution is -2.57. The maximum atomic E-state index is 14.1. The molecule has 15 nitrogen and oxygen atoms in total. The second kappa shape index (κ2) is 25.4. The Kier molecular flexibility index (Phi) is 18.9. The predicted molar refractivity (Wildman–Crippen MR) is 279 cm³/mol. The molecule has 2 aromatic heterocycles. The second-order valence-electron chi connectivity index (χ2n) is 20.7. The highest BCUT2D eigenvalue weighted by Gasteiger charge is 2.44. The van der Waals surface area contributed by atoms with E-state index >= 15 is 0 Å². The van der Waals surface area contributed by atoms with Gasteiger partial charge in [-0.05, 0) is 109 Å². The zero-order chi connectivity index (χ0) is 51.2. The van der Waals surface area contributed by atoms with E-state index in [9.17, 15) is 33.9 Å². The molecule has 72 heavy (non-hydrogen) atoms. The minimum atomic E-state index is -0.948. The van der Waals surface area contributed by atoms with E-state index in [2.05, 4.69) is 38.1 Å². The Bertz CT molecular complexity index is 2490. The number of unbranched alkanes of at least 4 members (excludes halogenated alkanes) is 1. The van der Waals surface area contributed by atoms with E-state index in [4.69, 9.17) is 0 Å². The number of piperidine rings is 2. The van der Waals surface area contributed by atoms with E-state index in [1.807, 2.05) is 91.5 Å². The fraction of sp³-hybridized carbons (Fsp3) is 0.500. The number of amides is 6. The lowest BCUT2D eigenvalue weighted by molar-refractivity contribution is -0.144. The van der Waals surface area contributed by atoms with Crippen LogP contribution in [0.5, 0.6) is 0 Å². The summed E-state index contributed by atoms with van der Waals surface area (Å²) in [7, 11) is 0. The van der Waals surface area contributed by atoms with Gasteiger partial charge in [0.1, 0.15) is 12.1 Å². The minimum absolute atomic E-state index is 0.00486. The number of nitrogens with one attached hydrogen (secondary N) is 3. The number of aryl methyl sites for hydroxylation is 1. The van der Waals surface area contributed by atoms with Gasteiger partial charge in [-0.15, -0.1) is 11.3 Å². The van der Waals surface area contributed by atoms with Gasteiger partial charge in [0.05, 0.1) is 22.2 Å². The van der Waals surface area contributed by atoms with Crippen molar-refractivity contribution in [2.45, 2.75) is 129 Å². The Morgan fingerprint density at radius 2 is 1.58 bits per heavy atom. The van der Waals surface area contributed by atoms with Crippen LogP contribution in [-0.2, 0) is 30.5 Å². The molecule has 0 aliphatic carbocycles. The quantitative estimate of drug-likeness (QED) is 0.0563. The lowest BCUT2D eigenvalue weighted by atomic mass is 9.85. The number of hydrogen-bond donors (Lipinski definition) is 4. The van der Waals surface area contributed by atoms with Crippen molar-refractivity contribution >= 4 is 52.9 Å². The normalized spacial score (nSPS) is 18.3. The Morgan fingerprint density at radius 3 is 2.25 bits per heavy atom. The SMILES string of the molecule is Cc1ncsc1-c1ccc(CNC(=O)[C@@H]2C[C@@H](O)CN2C(=O)[C@@H](NC(=O)CCCC(=O)N2CCC(c3ccc(C(=O)N4CCC(CCCCNC(=O)/C=C/c5cccnc5)CC4)cc3)CC2)C(C)(C)C)cc1. The number of benzene rings is 2. The molecule has 4 aromatic rings. The maximum Gasteiger partial charge on any atom is 0.253 e. The number of nitrogens with zero attached hydrogens (tertiary/aromatic N) is 5. The van der Waals surface area contributed by atoms with Crippen molar-refractivity contribution in [2.75, 3.05) is 39.3 Å². The van der Waals surface area contributed by atoms with Crippen molar-refractivity contribution in [3.63, 3.8) is 0 Å². The standard InChI is InChI=1S/C56H72N8O7S/c1-38-51(72-37-60-38)44-16-13-41(14-17-44)35-59-53(69)47-33-46(65)36-64(47)55(71)52(56(2,3)4)61-49(67)11-7-12-50(68)62-31-25-43(26-32-62)42-18-20-45(21-19-42)54(70)63-29-23-39(24-30-63)9-5-6-28-58-48(66)22-15-40-10-8-27-57-34-40/h8,10,13-22,27,34,37,39,43,46-47,52,65H,5-7,9,11-12,23-26,28-33,35-36H2,1-4H3,(H,58,66)(H,59,69)(H,61,67)/b22-15+/t46-,47+,52-/m1/s1. The van der Waals surface area contributed by atoms with E-state index in [1.165, 1.54) is 11.0 Å². The molecular weight excluding hydrogens is 929 g/mol. The first kappa shape index (κ1) is 53.5. The summed E-state index contributed by atoms with van der Waals surface area (Å²) >= 11 is 1.57. The number of aromatic nitrogens is 2. The summed E-state index contributed by atoms with van der Waals surface area (Å²) in [5.74, 6) is -0.334. The van der Waals surface area contributed by atoms with E-state index in [0.717, 1.165) is 90.9 Å². The fourth-order valence-electron chi connectivity index (χ4n) is 10.0. The Morgan fingerprint density at radius 1 is 0.861 bits per heavy atom. The number of thiazole rings is 1. The van der Waals surface area contributed by atoms with Crippen LogP contribution in [0.1, 0.15) is 130 Å². The van der Waals surface area contributed by atoms with Gasteiger partial charge in [0, 0.05) is 89.1 Å². The number of rotatable bonds is 19. The third kappa shape index (κ3) is 14.9. The van der Waals surface area contributed by atoms with E-state index in [-0.39, 0.29) is 67.8 Å². The number of hydrogen-bond acceptors (Lipinski definition) is 10. The summed E-state index contributed by atoms with van der Waals surface area (Å²) in [5.41, 5.74) is 6.77. The zero-order valence-electron chi connectivity index (χ0n) is 42.3. The molecule has 384 valence electrons. The van der Waals surface area contributed by atoms with Crippen molar-refractivity contribution in [1.29, 1.82) is 0 Å². The van der Waals surface area contributed by atoms with Crippen LogP contribution in [0.25, 0.3) is 16.5 Å². The summed E-state index contributed by atoms with van der Waals surface area (Å²) in [6.45, 7) is 11.1. The van der Waals surface area contributed by atoms with Crippen LogP contribution in [0.15, 0.2) is 84.6 Å². The van der Waals surface area contributed by atoms with Crippen LogP contribution < -0.4 is 16.0 Å². The van der Waals surface area contributed by atoms with Crippen LogP contribution in [0, 0.1) is 18.3 Å². The van der Waals surface area contributed by atoms with Crippen molar-refractivity contribution in [1.82, 2.24) is 40.6 Å². The van der Waals surface area contributed by atoms with Gasteiger partial charge in [-0.2, -0.15) is 0 Å². The number of pyridine rings is 1. The summed E-state index contributed by atoms with van der Waals surface area (Å²) in [6.07, 6.45) is 13.2. The second-order valence-corrected chi connectivity index (χ2v) is 21.6. The maximum absolute atomic E-state index is 14.1. The smallest absolute Gasteiger partial charge is 0.253 e. The molecular formula is C56H72N8O7S. The highest BCUT2D eigenvalue weighted by Crippen LogP contribution is 2.31. The summed E-state index contributed by atoms with van der Waals surface area (Å²) in [4.78, 5) is 94.5. The number of carbonyl (C=O) groups excluding carboxylic acids is 6. The minimum Gasteiger partial charge on any atom is -0.391 e.